The number of hydrogen-bond acceptors (Lipinski definition) is 4. The van der Waals surface area contributed by atoms with Crippen LogP contribution in [0, 0.1) is 0 Å². The molecular weight excluding hydrogens is 573 g/mol. The predicted molar refractivity (Wildman–Crippen MR) is 199 cm³/mol. The van der Waals surface area contributed by atoms with Gasteiger partial charge in [0.05, 0.1) is 0 Å². The molecule has 0 saturated carbocycles. The van der Waals surface area contributed by atoms with Gasteiger partial charge in [-0.2, -0.15) is 0 Å². The molecule has 0 atom stereocenters. The van der Waals surface area contributed by atoms with Crippen molar-refractivity contribution < 1.29 is 9.32 Å². The molecule has 0 radical (unpaired) electrons. The van der Waals surface area contributed by atoms with Gasteiger partial charge in [-0.1, -0.05) is 0 Å². The van der Waals surface area contributed by atoms with Crippen LogP contribution in [-0.2, 0) is 4.52 Å². The number of carbonyl (C=O) groups is 1. The Balaban J connectivity index is 2.42. The van der Waals surface area contributed by atoms with Gasteiger partial charge in [-0.25, -0.2) is 0 Å². The Labute approximate surface area is 278 Å². The minimum absolute atomic E-state index is 0.138. The Hall–Kier alpha value is -1.48. The van der Waals surface area contributed by atoms with E-state index in [1.807, 2.05) is 18.2 Å². The molecule has 45 heavy (non-hydrogen) atoms. The van der Waals surface area contributed by atoms with Crippen LogP contribution in [0.1, 0.15) is 192 Å². The molecule has 1 aromatic carbocycles. The third kappa shape index (κ3) is 14.9. The second kappa shape index (κ2) is 23.8. The Bertz CT molecular complexity index is 947. The third-order valence-electron chi connectivity index (χ3n) is 10.2. The van der Waals surface area contributed by atoms with Crippen molar-refractivity contribution in [3.63, 3.8) is 0 Å². The Kier molecular flexibility index (Phi) is 21.0. The molecule has 0 spiro atoms. The van der Waals surface area contributed by atoms with E-state index in [0.29, 0.717) is 11.1 Å². The first kappa shape index (κ1) is 39.7. The molecule has 0 saturated heterocycles. The summed E-state index contributed by atoms with van der Waals surface area (Å²) in [7, 11) is 0. The zero-order chi connectivity index (χ0) is 32.5. The molecule has 0 aliphatic carbocycles. The normalized spacial score (nSPS) is 12.8. The summed E-state index contributed by atoms with van der Waals surface area (Å²) >= 11 is 0. The maximum atomic E-state index is 14.4. The molecule has 1 N–H and O–H groups in total. The number of fused-ring (bicyclic) bond motifs is 1. The monoisotopic (exact) mass is 646 g/mol. The zero-order valence-electron chi connectivity index (χ0n) is 30.2. The van der Waals surface area contributed by atoms with Gasteiger partial charge in [0.1, 0.15) is 0 Å². The number of benzene rings is 1. The van der Waals surface area contributed by atoms with Gasteiger partial charge in [-0.05, 0) is 0 Å². The summed E-state index contributed by atoms with van der Waals surface area (Å²) in [6.45, 7) is 6.32. The minimum atomic E-state index is -2.86. The van der Waals surface area contributed by atoms with Crippen LogP contribution < -0.4 is 0 Å². The van der Waals surface area contributed by atoms with Crippen molar-refractivity contribution in [2.24, 2.45) is 0 Å². The molecule has 2 aromatic rings. The van der Waals surface area contributed by atoms with Crippen molar-refractivity contribution in [3.05, 3.63) is 23.8 Å². The molecule has 1 aromatic heterocycles. The van der Waals surface area contributed by atoms with E-state index in [1.54, 1.807) is 0 Å². The molecule has 0 fully saturated rings. The summed E-state index contributed by atoms with van der Waals surface area (Å²) < 4.78 is 7.31. The molecule has 0 unspecified atom stereocenters. The molecule has 6 heteroatoms. The fourth-order valence-electron chi connectivity index (χ4n) is 7.34. The Morgan fingerprint density at radius 1 is 0.556 bits per heavy atom. The van der Waals surface area contributed by atoms with Gasteiger partial charge < -0.3 is 0 Å². The van der Waals surface area contributed by atoms with E-state index in [9.17, 15) is 4.79 Å². The van der Waals surface area contributed by atoms with Crippen LogP contribution in [0.3, 0.4) is 0 Å². The fraction of sp³-hybridized carbons (Fsp3) is 0.821. The number of nitrogens with zero attached hydrogens (tertiary/aromatic N) is 2. The van der Waals surface area contributed by atoms with Crippen molar-refractivity contribution in [3.8, 4) is 0 Å². The number of aromatic amines is 1. The number of unbranched alkanes of at least 4 members (excludes halogenated alkanes) is 20. The Morgan fingerprint density at radius 3 is 1.33 bits per heavy atom. The topological polar surface area (TPSA) is 67.9 Å². The van der Waals surface area contributed by atoms with Gasteiger partial charge in [0.15, 0.2) is 0 Å². The van der Waals surface area contributed by atoms with E-state index in [-0.39, 0.29) is 5.97 Å². The number of aromatic nitrogens is 3. The molecule has 2 rings (SSSR count). The zero-order valence-corrected chi connectivity index (χ0v) is 31.1. The number of nitrogens with one attached hydrogen (secondary N) is 1. The number of H-pyrrole nitrogens is 1. The van der Waals surface area contributed by atoms with Gasteiger partial charge in [0, 0.05) is 0 Å². The molecule has 0 aliphatic rings. The van der Waals surface area contributed by atoms with Crippen LogP contribution >= 0.6 is 6.83 Å². The first-order valence-corrected chi connectivity index (χ1v) is 22.5. The molecule has 0 bridgehead atoms. The number of para-hydroxylation sites is 1. The summed E-state index contributed by atoms with van der Waals surface area (Å²) in [6, 6.07) is 5.76. The van der Waals surface area contributed by atoms with Crippen molar-refractivity contribution in [1.29, 1.82) is 0 Å². The van der Waals surface area contributed by atoms with Crippen LogP contribution in [0.5, 0.6) is 0 Å². The predicted octanol–water partition coefficient (Wildman–Crippen LogP) is 13.0. The van der Waals surface area contributed by atoms with Gasteiger partial charge in [0.2, 0.25) is 0 Å². The van der Waals surface area contributed by atoms with Crippen LogP contribution in [-0.4, -0.2) is 46.0 Å². The van der Waals surface area contributed by atoms with Crippen molar-refractivity contribution in [1.82, 2.24) is 15.4 Å². The average Bonchev–Trinajstić information content (AvgIpc) is 3.54. The molecular formula is C39H72N3O2P. The van der Waals surface area contributed by atoms with E-state index < -0.39 is 6.83 Å². The number of rotatable bonds is 30. The molecule has 1 heterocycles. The summed E-state index contributed by atoms with van der Waals surface area (Å²) in [4.78, 5) is 14.4. The van der Waals surface area contributed by atoms with Gasteiger partial charge in [0.25, 0.3) is 0 Å². The van der Waals surface area contributed by atoms with E-state index in [2.05, 4.69) is 43.1 Å². The number of carbonyl (C=O) groups excluding carboxylic acids is 1. The third-order valence-corrected chi connectivity index (χ3v) is 16.7. The van der Waals surface area contributed by atoms with E-state index >= 15 is 0 Å². The second-order valence-corrected chi connectivity index (χ2v) is 19.9. The van der Waals surface area contributed by atoms with Crippen molar-refractivity contribution in [2.75, 3.05) is 24.6 Å². The first-order valence-electron chi connectivity index (χ1n) is 19.6. The molecule has 0 amide bonds. The van der Waals surface area contributed by atoms with Crippen LogP contribution in [0.2, 0.25) is 0 Å². The molecule has 260 valence electrons. The van der Waals surface area contributed by atoms with Crippen molar-refractivity contribution in [2.45, 2.75) is 182 Å². The first-order chi connectivity index (χ1) is 22.0. The van der Waals surface area contributed by atoms with E-state index in [1.165, 1.54) is 154 Å². The molecule has 0 aliphatic heterocycles. The molecule has 5 nitrogen and oxygen atoms in total. The summed E-state index contributed by atoms with van der Waals surface area (Å²) in [5, 5.41) is 11.4. The van der Waals surface area contributed by atoms with Crippen molar-refractivity contribution >= 4 is 23.8 Å². The fourth-order valence-corrected chi connectivity index (χ4v) is 13.7. The van der Waals surface area contributed by atoms with E-state index in [0.717, 1.165) is 30.2 Å². The second-order valence-electron chi connectivity index (χ2n) is 14.2. The quantitative estimate of drug-likeness (QED) is 0.0678. The number of hydrogen-bond donors (Lipinski definition) is 1. The summed E-state index contributed by atoms with van der Waals surface area (Å²) in [5.74, 6) is -0.138. The maximum absolute atomic E-state index is 14.4. The van der Waals surface area contributed by atoms with Crippen LogP contribution in [0.4, 0.5) is 0 Å². The van der Waals surface area contributed by atoms with Crippen LogP contribution in [0.25, 0.3) is 11.0 Å². The van der Waals surface area contributed by atoms with Gasteiger partial charge >= 0.3 is 279 Å². The average molecular weight is 646 g/mol. The Morgan fingerprint density at radius 2 is 0.933 bits per heavy atom. The summed E-state index contributed by atoms with van der Waals surface area (Å²) in [5.41, 5.74) is 1.98. The van der Waals surface area contributed by atoms with Gasteiger partial charge in [-0.3, -0.25) is 0 Å². The summed E-state index contributed by atoms with van der Waals surface area (Å²) in [6.07, 6.45) is 35.3. The standard InChI is InChI=1S/C39H72N3O2P/c1-5-9-13-17-21-25-32-45(33-26-22-18-14-10-6-2,34-27-23-19-15-11-7-3,35-28-24-20-16-12-8-4)44-39(43)36-30-29-31-37-38(36)41-42-40-37/h29-31H,5-28,32-35H2,1-4H3,(H,40,41,42). The van der Waals surface area contributed by atoms with Gasteiger partial charge in [-0.15, -0.1) is 0 Å². The van der Waals surface area contributed by atoms with E-state index in [4.69, 9.17) is 4.52 Å². The van der Waals surface area contributed by atoms with Crippen LogP contribution in [0.15, 0.2) is 18.2 Å². The SMILES string of the molecule is CCCCCCCCP(CCCCCCCC)(CCCCCCCC)(CCCCCCCC)OC(=O)c1cccc2n[nH]nc12.